The Balaban J connectivity index is 2.04. The summed E-state index contributed by atoms with van der Waals surface area (Å²) in [6, 6.07) is 7.95. The zero-order valence-electron chi connectivity index (χ0n) is 12.5. The molecule has 23 heavy (non-hydrogen) atoms. The molecule has 2 aromatic rings. The van der Waals surface area contributed by atoms with Crippen LogP contribution in [0, 0.1) is 11.3 Å². The van der Waals surface area contributed by atoms with Gasteiger partial charge in [0.1, 0.15) is 6.07 Å². The van der Waals surface area contributed by atoms with Crippen molar-refractivity contribution in [2.75, 3.05) is 37.3 Å². The average Bonchev–Trinajstić information content (AvgIpc) is 2.53. The minimum atomic E-state index is -3.17. The van der Waals surface area contributed by atoms with Crippen LogP contribution in [0.5, 0.6) is 0 Å². The Bertz CT molecular complexity index is 900. The Kier molecular flexibility index (Phi) is 4.27. The maximum absolute atomic E-state index is 11.6. The molecule has 0 aliphatic carbocycles. The van der Waals surface area contributed by atoms with Crippen molar-refractivity contribution in [1.29, 1.82) is 5.26 Å². The summed E-state index contributed by atoms with van der Waals surface area (Å²) >= 11 is 3.49. The Morgan fingerprint density at radius 1 is 1.26 bits per heavy atom. The number of benzene rings is 1. The summed E-state index contributed by atoms with van der Waals surface area (Å²) in [7, 11) is -3.17. The lowest BCUT2D eigenvalue weighted by molar-refractivity contribution is 0.388. The van der Waals surface area contributed by atoms with E-state index < -0.39 is 10.0 Å². The molecule has 0 amide bonds. The summed E-state index contributed by atoms with van der Waals surface area (Å²) in [5, 5.41) is 10.3. The predicted octanol–water partition coefficient (Wildman–Crippen LogP) is 1.95. The number of sulfonamides is 1. The third kappa shape index (κ3) is 3.04. The first-order valence-electron chi connectivity index (χ1n) is 7.09. The van der Waals surface area contributed by atoms with Crippen LogP contribution in [0.25, 0.3) is 10.9 Å². The molecule has 0 radical (unpaired) electrons. The number of pyridine rings is 1. The minimum Gasteiger partial charge on any atom is -0.367 e. The Labute approximate surface area is 143 Å². The number of rotatable bonds is 2. The highest BCUT2D eigenvalue weighted by molar-refractivity contribution is 9.10. The lowest BCUT2D eigenvalue weighted by atomic mass is 10.1. The van der Waals surface area contributed by atoms with Gasteiger partial charge in [0.2, 0.25) is 10.0 Å². The van der Waals surface area contributed by atoms with Crippen LogP contribution in [0.2, 0.25) is 0 Å². The molecule has 3 rings (SSSR count). The van der Waals surface area contributed by atoms with Crippen molar-refractivity contribution in [2.45, 2.75) is 0 Å². The molecule has 1 aliphatic rings. The Morgan fingerprint density at radius 2 is 1.96 bits per heavy atom. The minimum absolute atomic E-state index is 0.418. The first-order valence-corrected chi connectivity index (χ1v) is 9.73. The van der Waals surface area contributed by atoms with Crippen LogP contribution in [0.1, 0.15) is 5.56 Å². The molecule has 2 heterocycles. The zero-order chi connectivity index (χ0) is 16.6. The summed E-state index contributed by atoms with van der Waals surface area (Å²) in [5.41, 5.74) is 2.13. The monoisotopic (exact) mass is 394 g/mol. The van der Waals surface area contributed by atoms with Gasteiger partial charge in [0, 0.05) is 42.2 Å². The molecule has 0 spiro atoms. The maximum atomic E-state index is 11.6. The van der Waals surface area contributed by atoms with Crippen LogP contribution in [0.3, 0.4) is 0 Å². The summed E-state index contributed by atoms with van der Waals surface area (Å²) in [6.45, 7) is 1.93. The van der Waals surface area contributed by atoms with Crippen molar-refractivity contribution in [2.24, 2.45) is 0 Å². The molecule has 0 saturated carbocycles. The second kappa shape index (κ2) is 6.07. The van der Waals surface area contributed by atoms with Gasteiger partial charge < -0.3 is 4.90 Å². The van der Waals surface area contributed by atoms with E-state index in [1.165, 1.54) is 10.6 Å². The molecule has 0 atom stereocenters. The number of anilines is 1. The van der Waals surface area contributed by atoms with Crippen LogP contribution in [0.4, 0.5) is 5.69 Å². The van der Waals surface area contributed by atoms with Crippen LogP contribution < -0.4 is 4.90 Å². The van der Waals surface area contributed by atoms with Crippen molar-refractivity contribution in [1.82, 2.24) is 9.29 Å². The van der Waals surface area contributed by atoms with Crippen molar-refractivity contribution in [3.8, 4) is 6.07 Å². The molecule has 0 N–H and O–H groups in total. The van der Waals surface area contributed by atoms with Crippen molar-refractivity contribution >= 4 is 42.5 Å². The fraction of sp³-hybridized carbons (Fsp3) is 0.333. The number of fused-ring (bicyclic) bond motifs is 1. The molecule has 8 heteroatoms. The van der Waals surface area contributed by atoms with Crippen LogP contribution in [-0.2, 0) is 10.0 Å². The highest BCUT2D eigenvalue weighted by atomic mass is 79.9. The van der Waals surface area contributed by atoms with Gasteiger partial charge in [0.15, 0.2) is 0 Å². The van der Waals surface area contributed by atoms with Gasteiger partial charge in [-0.3, -0.25) is 4.98 Å². The maximum Gasteiger partial charge on any atom is 0.211 e. The van der Waals surface area contributed by atoms with E-state index in [9.17, 15) is 13.7 Å². The van der Waals surface area contributed by atoms with Gasteiger partial charge in [-0.2, -0.15) is 9.57 Å². The number of nitriles is 1. The van der Waals surface area contributed by atoms with Crippen molar-refractivity contribution in [3.05, 3.63) is 34.4 Å². The van der Waals surface area contributed by atoms with E-state index in [2.05, 4.69) is 31.9 Å². The van der Waals surface area contributed by atoms with Crippen LogP contribution in [0.15, 0.2) is 28.9 Å². The second-order valence-electron chi connectivity index (χ2n) is 5.42. The Morgan fingerprint density at radius 3 is 2.57 bits per heavy atom. The predicted molar refractivity (Wildman–Crippen MR) is 92.8 cm³/mol. The summed E-state index contributed by atoms with van der Waals surface area (Å²) < 4.78 is 25.6. The number of aromatic nitrogens is 1. The van der Waals surface area contributed by atoms with Crippen molar-refractivity contribution < 1.29 is 8.42 Å². The SMILES string of the molecule is CS(=O)(=O)N1CCN(c2c(C#N)cnc3c(Br)cccc23)CC1. The van der Waals surface area contributed by atoms with Gasteiger partial charge in [-0.15, -0.1) is 0 Å². The number of para-hydroxylation sites is 1. The van der Waals surface area contributed by atoms with Gasteiger partial charge in [-0.25, -0.2) is 8.42 Å². The van der Waals surface area contributed by atoms with Gasteiger partial charge >= 0.3 is 0 Å². The molecule has 6 nitrogen and oxygen atoms in total. The number of hydrogen-bond donors (Lipinski definition) is 0. The van der Waals surface area contributed by atoms with E-state index >= 15 is 0 Å². The first kappa shape index (κ1) is 16.2. The van der Waals surface area contributed by atoms with E-state index in [1.54, 1.807) is 6.20 Å². The summed E-state index contributed by atoms with van der Waals surface area (Å²) in [5.74, 6) is 0. The van der Waals surface area contributed by atoms with Crippen LogP contribution in [-0.4, -0.2) is 50.1 Å². The Hall–Kier alpha value is -1.69. The number of piperazine rings is 1. The molecule has 1 aliphatic heterocycles. The summed E-state index contributed by atoms with van der Waals surface area (Å²) in [4.78, 5) is 6.43. The highest BCUT2D eigenvalue weighted by Crippen LogP contribution is 2.33. The zero-order valence-corrected chi connectivity index (χ0v) is 14.9. The molecule has 0 bridgehead atoms. The lowest BCUT2D eigenvalue weighted by Gasteiger charge is -2.35. The molecule has 1 aromatic carbocycles. The normalized spacial score (nSPS) is 16.5. The molecular formula is C15H15BrN4O2S. The summed E-state index contributed by atoms with van der Waals surface area (Å²) in [6.07, 6.45) is 2.80. The molecule has 0 unspecified atom stereocenters. The number of halogens is 1. The van der Waals surface area contributed by atoms with E-state index in [0.29, 0.717) is 31.7 Å². The molecule has 1 saturated heterocycles. The second-order valence-corrected chi connectivity index (χ2v) is 8.25. The molecule has 120 valence electrons. The average molecular weight is 395 g/mol. The molecule has 1 fully saturated rings. The molecular weight excluding hydrogens is 380 g/mol. The van der Waals surface area contributed by atoms with Gasteiger partial charge in [-0.1, -0.05) is 12.1 Å². The van der Waals surface area contributed by atoms with Gasteiger partial charge in [0.05, 0.1) is 23.0 Å². The molecule has 1 aromatic heterocycles. The van der Waals surface area contributed by atoms with Gasteiger partial charge in [-0.05, 0) is 22.0 Å². The number of nitrogens with zero attached hydrogens (tertiary/aromatic N) is 4. The standard InChI is InChI=1S/C15H15BrN4O2S/c1-23(21,22)20-7-5-19(6-8-20)15-11(9-17)10-18-14-12(15)3-2-4-13(14)16/h2-4,10H,5-8H2,1H3. The lowest BCUT2D eigenvalue weighted by Crippen LogP contribution is -2.48. The topological polar surface area (TPSA) is 77.3 Å². The third-order valence-electron chi connectivity index (χ3n) is 3.96. The van der Waals surface area contributed by atoms with E-state index in [0.717, 1.165) is 21.1 Å². The fourth-order valence-corrected chi connectivity index (χ4v) is 4.13. The fourth-order valence-electron chi connectivity index (χ4n) is 2.84. The number of hydrogen-bond acceptors (Lipinski definition) is 5. The van der Waals surface area contributed by atoms with Gasteiger partial charge in [0.25, 0.3) is 0 Å². The largest absolute Gasteiger partial charge is 0.367 e. The van der Waals surface area contributed by atoms with E-state index in [1.807, 2.05) is 18.2 Å². The quantitative estimate of drug-likeness (QED) is 0.777. The van der Waals surface area contributed by atoms with E-state index in [4.69, 9.17) is 0 Å². The van der Waals surface area contributed by atoms with E-state index in [-0.39, 0.29) is 0 Å². The first-order chi connectivity index (χ1) is 10.9. The third-order valence-corrected chi connectivity index (χ3v) is 5.91. The van der Waals surface area contributed by atoms with Crippen molar-refractivity contribution in [3.63, 3.8) is 0 Å². The smallest absolute Gasteiger partial charge is 0.211 e. The highest BCUT2D eigenvalue weighted by Gasteiger charge is 2.26. The van der Waals surface area contributed by atoms with Crippen LogP contribution >= 0.6 is 15.9 Å².